The molecule has 1 aromatic carbocycles. The second kappa shape index (κ2) is 5.09. The zero-order valence-electron chi connectivity index (χ0n) is 9.79. The fraction of sp³-hybridized carbons (Fsp3) is 0.429. The molecule has 0 saturated carbocycles. The standard InChI is InChI=1S/C14H16BrNS/c15-13-6-4-5-12-11(10-17-14(12)13)9-16-7-2-1-3-8-16/h4-6,10H,1-3,7-9H2. The number of thiophene rings is 1. The van der Waals surface area contributed by atoms with Crippen LogP contribution in [0.3, 0.4) is 0 Å². The monoisotopic (exact) mass is 309 g/mol. The topological polar surface area (TPSA) is 3.24 Å². The number of hydrogen-bond acceptors (Lipinski definition) is 2. The maximum Gasteiger partial charge on any atom is 0.0488 e. The second-order valence-electron chi connectivity index (χ2n) is 4.71. The lowest BCUT2D eigenvalue weighted by atomic mass is 10.1. The predicted octanol–water partition coefficient (Wildman–Crippen LogP) is 4.65. The molecule has 2 heterocycles. The maximum atomic E-state index is 3.63. The van der Waals surface area contributed by atoms with E-state index in [2.05, 4.69) is 44.4 Å². The summed E-state index contributed by atoms with van der Waals surface area (Å²) in [6, 6.07) is 6.51. The molecule has 0 amide bonds. The van der Waals surface area contributed by atoms with Crippen LogP contribution in [-0.4, -0.2) is 18.0 Å². The van der Waals surface area contributed by atoms with Crippen LogP contribution in [0.4, 0.5) is 0 Å². The molecule has 0 spiro atoms. The van der Waals surface area contributed by atoms with E-state index < -0.39 is 0 Å². The van der Waals surface area contributed by atoms with Crippen molar-refractivity contribution in [1.29, 1.82) is 0 Å². The molecule has 1 nitrogen and oxygen atoms in total. The van der Waals surface area contributed by atoms with Crippen LogP contribution in [0, 0.1) is 0 Å². The van der Waals surface area contributed by atoms with Gasteiger partial charge < -0.3 is 0 Å². The lowest BCUT2D eigenvalue weighted by Crippen LogP contribution is -2.28. The van der Waals surface area contributed by atoms with Gasteiger partial charge in [-0.2, -0.15) is 0 Å². The normalized spacial score (nSPS) is 17.7. The number of fused-ring (bicyclic) bond motifs is 1. The first-order valence-electron chi connectivity index (χ1n) is 6.21. The van der Waals surface area contributed by atoms with Gasteiger partial charge in [-0.05, 0) is 64.3 Å². The summed E-state index contributed by atoms with van der Waals surface area (Å²) in [5, 5.41) is 3.75. The van der Waals surface area contributed by atoms with E-state index >= 15 is 0 Å². The van der Waals surface area contributed by atoms with E-state index in [0.29, 0.717) is 0 Å². The minimum atomic E-state index is 1.12. The van der Waals surface area contributed by atoms with E-state index in [1.165, 1.54) is 52.5 Å². The number of likely N-dealkylation sites (tertiary alicyclic amines) is 1. The van der Waals surface area contributed by atoms with Crippen LogP contribution in [0.2, 0.25) is 0 Å². The fourth-order valence-electron chi connectivity index (χ4n) is 2.56. The van der Waals surface area contributed by atoms with E-state index in [-0.39, 0.29) is 0 Å². The highest BCUT2D eigenvalue weighted by molar-refractivity contribution is 9.10. The summed E-state index contributed by atoms with van der Waals surface area (Å²) in [7, 11) is 0. The molecule has 1 aliphatic rings. The first kappa shape index (κ1) is 11.7. The molecule has 0 bridgehead atoms. The molecule has 1 fully saturated rings. The Balaban J connectivity index is 1.87. The van der Waals surface area contributed by atoms with Crippen LogP contribution < -0.4 is 0 Å². The summed E-state index contributed by atoms with van der Waals surface area (Å²) >= 11 is 5.49. The number of nitrogens with zero attached hydrogens (tertiary/aromatic N) is 1. The zero-order valence-corrected chi connectivity index (χ0v) is 12.2. The van der Waals surface area contributed by atoms with Crippen molar-refractivity contribution in [3.8, 4) is 0 Å². The Morgan fingerprint density at radius 2 is 2.00 bits per heavy atom. The van der Waals surface area contributed by atoms with Crippen molar-refractivity contribution in [2.45, 2.75) is 25.8 Å². The van der Waals surface area contributed by atoms with Crippen molar-refractivity contribution in [2.75, 3.05) is 13.1 Å². The molecule has 2 aromatic rings. The molecule has 0 aliphatic carbocycles. The van der Waals surface area contributed by atoms with Gasteiger partial charge in [0.15, 0.2) is 0 Å². The Kier molecular flexibility index (Phi) is 3.50. The van der Waals surface area contributed by atoms with Gasteiger partial charge in [0.1, 0.15) is 0 Å². The smallest absolute Gasteiger partial charge is 0.0488 e. The Hall–Kier alpha value is -0.380. The van der Waals surface area contributed by atoms with Gasteiger partial charge in [-0.15, -0.1) is 11.3 Å². The van der Waals surface area contributed by atoms with E-state index in [4.69, 9.17) is 0 Å². The van der Waals surface area contributed by atoms with Gasteiger partial charge in [-0.25, -0.2) is 0 Å². The average Bonchev–Trinajstić information content (AvgIpc) is 2.76. The zero-order chi connectivity index (χ0) is 11.7. The lowest BCUT2D eigenvalue weighted by molar-refractivity contribution is 0.222. The molecule has 1 aliphatic heterocycles. The van der Waals surface area contributed by atoms with Gasteiger partial charge in [-0.3, -0.25) is 4.90 Å². The maximum absolute atomic E-state index is 3.63. The molecule has 0 atom stereocenters. The number of benzene rings is 1. The SMILES string of the molecule is Brc1cccc2c(CN3CCCCC3)csc12. The van der Waals surface area contributed by atoms with Crippen molar-refractivity contribution >= 4 is 37.4 Å². The largest absolute Gasteiger partial charge is 0.299 e. The highest BCUT2D eigenvalue weighted by atomic mass is 79.9. The van der Waals surface area contributed by atoms with E-state index in [9.17, 15) is 0 Å². The van der Waals surface area contributed by atoms with Crippen LogP contribution in [0.5, 0.6) is 0 Å². The first-order valence-corrected chi connectivity index (χ1v) is 7.89. The van der Waals surface area contributed by atoms with Gasteiger partial charge in [0, 0.05) is 15.7 Å². The van der Waals surface area contributed by atoms with Crippen LogP contribution in [-0.2, 0) is 6.54 Å². The Morgan fingerprint density at radius 1 is 1.18 bits per heavy atom. The second-order valence-corrected chi connectivity index (χ2v) is 6.45. The molecule has 0 unspecified atom stereocenters. The van der Waals surface area contributed by atoms with Crippen LogP contribution in [0.25, 0.3) is 10.1 Å². The number of halogens is 1. The molecule has 3 heteroatoms. The third-order valence-corrected chi connectivity index (χ3v) is 5.48. The highest BCUT2D eigenvalue weighted by Gasteiger charge is 2.13. The van der Waals surface area contributed by atoms with E-state index in [0.717, 1.165) is 6.54 Å². The predicted molar refractivity (Wildman–Crippen MR) is 78.7 cm³/mol. The van der Waals surface area contributed by atoms with Gasteiger partial charge in [0.2, 0.25) is 0 Å². The number of piperidine rings is 1. The summed E-state index contributed by atoms with van der Waals surface area (Å²) in [5.41, 5.74) is 1.49. The molecular weight excluding hydrogens is 294 g/mol. The van der Waals surface area contributed by atoms with Gasteiger partial charge in [-0.1, -0.05) is 18.6 Å². The Bertz CT molecular complexity index is 514. The number of hydrogen-bond donors (Lipinski definition) is 0. The molecule has 17 heavy (non-hydrogen) atoms. The van der Waals surface area contributed by atoms with E-state index in [1.807, 2.05) is 11.3 Å². The highest BCUT2D eigenvalue weighted by Crippen LogP contribution is 2.33. The van der Waals surface area contributed by atoms with Crippen molar-refractivity contribution < 1.29 is 0 Å². The first-order chi connectivity index (χ1) is 8.34. The van der Waals surface area contributed by atoms with Crippen molar-refractivity contribution in [3.05, 3.63) is 33.6 Å². The summed E-state index contributed by atoms with van der Waals surface area (Å²) in [4.78, 5) is 2.59. The Labute approximate surface area is 115 Å². The number of rotatable bonds is 2. The summed E-state index contributed by atoms with van der Waals surface area (Å²) in [5.74, 6) is 0. The Morgan fingerprint density at radius 3 is 2.82 bits per heavy atom. The van der Waals surface area contributed by atoms with Crippen molar-refractivity contribution in [3.63, 3.8) is 0 Å². The minimum absolute atomic E-state index is 1.12. The van der Waals surface area contributed by atoms with Crippen LogP contribution in [0.15, 0.2) is 28.1 Å². The van der Waals surface area contributed by atoms with Crippen LogP contribution in [0.1, 0.15) is 24.8 Å². The molecule has 0 N–H and O–H groups in total. The molecule has 90 valence electrons. The minimum Gasteiger partial charge on any atom is -0.299 e. The lowest BCUT2D eigenvalue weighted by Gasteiger charge is -2.26. The molecule has 3 rings (SSSR count). The van der Waals surface area contributed by atoms with E-state index in [1.54, 1.807) is 0 Å². The van der Waals surface area contributed by atoms with Crippen molar-refractivity contribution in [2.24, 2.45) is 0 Å². The van der Waals surface area contributed by atoms with Crippen LogP contribution >= 0.6 is 27.3 Å². The van der Waals surface area contributed by atoms with Gasteiger partial charge >= 0.3 is 0 Å². The fourth-order valence-corrected chi connectivity index (χ4v) is 4.17. The summed E-state index contributed by atoms with van der Waals surface area (Å²) in [6.07, 6.45) is 4.14. The summed E-state index contributed by atoms with van der Waals surface area (Å²) in [6.45, 7) is 3.66. The summed E-state index contributed by atoms with van der Waals surface area (Å²) < 4.78 is 2.62. The molecule has 0 radical (unpaired) electrons. The van der Waals surface area contributed by atoms with Crippen molar-refractivity contribution in [1.82, 2.24) is 4.90 Å². The third-order valence-electron chi connectivity index (χ3n) is 3.47. The third kappa shape index (κ3) is 2.42. The quantitative estimate of drug-likeness (QED) is 0.780. The molecular formula is C14H16BrNS. The molecule has 1 saturated heterocycles. The van der Waals surface area contributed by atoms with Gasteiger partial charge in [0.05, 0.1) is 0 Å². The van der Waals surface area contributed by atoms with Gasteiger partial charge in [0.25, 0.3) is 0 Å². The average molecular weight is 310 g/mol. The molecule has 1 aromatic heterocycles.